The molecule has 14 heteroatoms. The summed E-state index contributed by atoms with van der Waals surface area (Å²) in [6.07, 6.45) is -6.19. The van der Waals surface area contributed by atoms with Gasteiger partial charge in [0.25, 0.3) is 0 Å². The highest BCUT2D eigenvalue weighted by Crippen LogP contribution is 2.61. The molecule has 0 aliphatic heterocycles. The van der Waals surface area contributed by atoms with E-state index in [0.29, 0.717) is 79.5 Å². The molecule has 0 bridgehead atoms. The summed E-state index contributed by atoms with van der Waals surface area (Å²) in [6.45, 7) is 1.87. The number of benzene rings is 2. The third-order valence-corrected chi connectivity index (χ3v) is 10.0. The predicted octanol–water partition coefficient (Wildman–Crippen LogP) is 11.1. The number of halogens is 8. The fourth-order valence-corrected chi connectivity index (χ4v) is 7.98. The number of aromatic nitrogens is 2. The highest BCUT2D eigenvalue weighted by atomic mass is 32.1. The number of nitrogens with zero attached hydrogens (tertiary/aromatic N) is 5. The van der Waals surface area contributed by atoms with E-state index in [1.807, 2.05) is 19.1 Å². The number of hydrogen-bond acceptors (Lipinski definition) is 6. The Morgan fingerprint density at radius 1 is 0.654 bits per heavy atom. The first-order valence-electron chi connectivity index (χ1n) is 15.3. The minimum Gasteiger partial charge on any atom is -0.255 e. The molecule has 2 aliphatic carbocycles. The van der Waals surface area contributed by atoms with E-state index >= 15 is 0 Å². The topological polar surface area (TPSA) is 97.2 Å². The van der Waals surface area contributed by atoms with Crippen LogP contribution in [0.2, 0.25) is 0 Å². The van der Waals surface area contributed by atoms with E-state index in [-0.39, 0.29) is 33.4 Å². The SMILES string of the molecule is CCC/C(C#N)=C1/c2cc(-c3ccc(C(F)(F)F)c(F)c3)cnc2-c2c1sc1c2-c2ncc(-c3ccc(C(F)(F)F)c(F)c3)cc2C1=C(C#N)C#N. The molecule has 0 radical (unpaired) electrons. The van der Waals surface area contributed by atoms with Crippen LogP contribution in [0.5, 0.6) is 0 Å². The van der Waals surface area contributed by atoms with Gasteiger partial charge in [-0.15, -0.1) is 11.3 Å². The molecule has 0 saturated carbocycles. The minimum absolute atomic E-state index is 0.0683. The monoisotopic (exact) mass is 727 g/mol. The van der Waals surface area contributed by atoms with Crippen LogP contribution >= 0.6 is 11.3 Å². The van der Waals surface area contributed by atoms with E-state index in [0.717, 1.165) is 24.3 Å². The average Bonchev–Trinajstić information content (AvgIpc) is 3.72. The molecule has 5 aromatic rings. The molecule has 3 aromatic heterocycles. The van der Waals surface area contributed by atoms with Gasteiger partial charge in [-0.1, -0.05) is 25.5 Å². The van der Waals surface area contributed by atoms with Crippen molar-refractivity contribution >= 4 is 22.5 Å². The zero-order chi connectivity index (χ0) is 37.3. The fourth-order valence-electron chi connectivity index (χ4n) is 6.53. The van der Waals surface area contributed by atoms with Gasteiger partial charge in [0.2, 0.25) is 0 Å². The molecular weight excluding hydrogens is 711 g/mol. The first-order chi connectivity index (χ1) is 24.7. The summed E-state index contributed by atoms with van der Waals surface area (Å²) in [4.78, 5) is 10.3. The molecule has 7 rings (SSSR count). The van der Waals surface area contributed by atoms with Gasteiger partial charge in [-0.3, -0.25) is 9.97 Å². The number of pyridine rings is 2. The second-order valence-corrected chi connectivity index (χ2v) is 12.8. The lowest BCUT2D eigenvalue weighted by Gasteiger charge is -2.11. The van der Waals surface area contributed by atoms with Gasteiger partial charge in [-0.2, -0.15) is 42.1 Å². The van der Waals surface area contributed by atoms with Crippen molar-refractivity contribution < 1.29 is 35.1 Å². The summed E-state index contributed by atoms with van der Waals surface area (Å²) in [6, 6.07) is 14.1. The molecule has 0 atom stereocenters. The van der Waals surface area contributed by atoms with Crippen LogP contribution in [-0.4, -0.2) is 9.97 Å². The summed E-state index contributed by atoms with van der Waals surface area (Å²) in [5.74, 6) is -2.96. The number of allylic oxidation sites excluding steroid dienone is 2. The lowest BCUT2D eigenvalue weighted by Crippen LogP contribution is -2.07. The normalized spacial score (nSPS) is 13.8. The second-order valence-electron chi connectivity index (χ2n) is 11.8. The van der Waals surface area contributed by atoms with Crippen LogP contribution < -0.4 is 0 Å². The number of fused-ring (bicyclic) bond motifs is 7. The Hall–Kier alpha value is -6.17. The number of rotatable bonds is 4. The summed E-state index contributed by atoms with van der Waals surface area (Å²) in [5.41, 5.74) is 1.03. The summed E-state index contributed by atoms with van der Waals surface area (Å²) < 4.78 is 109. The third-order valence-electron chi connectivity index (χ3n) is 8.78. The zero-order valence-corrected chi connectivity index (χ0v) is 27.2. The Morgan fingerprint density at radius 3 is 1.52 bits per heavy atom. The van der Waals surface area contributed by atoms with Gasteiger partial charge in [0.05, 0.1) is 28.6 Å². The van der Waals surface area contributed by atoms with Crippen LogP contribution in [0.25, 0.3) is 55.9 Å². The summed E-state index contributed by atoms with van der Waals surface area (Å²) >= 11 is 1.17. The van der Waals surface area contributed by atoms with Gasteiger partial charge in [0.15, 0.2) is 0 Å². The summed E-state index contributed by atoms with van der Waals surface area (Å²) in [5, 5.41) is 30.2. The van der Waals surface area contributed by atoms with Gasteiger partial charge in [-0.25, -0.2) is 8.78 Å². The Balaban J connectivity index is 1.45. The van der Waals surface area contributed by atoms with E-state index in [9.17, 15) is 50.9 Å². The zero-order valence-electron chi connectivity index (χ0n) is 26.4. The summed E-state index contributed by atoms with van der Waals surface area (Å²) in [7, 11) is 0. The molecule has 0 unspecified atom stereocenters. The second kappa shape index (κ2) is 12.3. The number of hydrogen-bond donors (Lipinski definition) is 0. The third kappa shape index (κ3) is 5.33. The molecule has 256 valence electrons. The maximum Gasteiger partial charge on any atom is 0.419 e. The Kier molecular flexibility index (Phi) is 8.08. The van der Waals surface area contributed by atoms with Gasteiger partial charge in [0.1, 0.15) is 29.3 Å². The molecule has 0 fully saturated rings. The molecule has 52 heavy (non-hydrogen) atoms. The highest BCUT2D eigenvalue weighted by Gasteiger charge is 2.41. The number of nitriles is 3. The number of alkyl halides is 6. The van der Waals surface area contributed by atoms with Gasteiger partial charge in [0, 0.05) is 72.2 Å². The molecule has 2 aliphatic rings. The van der Waals surface area contributed by atoms with Crippen molar-refractivity contribution in [2.75, 3.05) is 0 Å². The smallest absolute Gasteiger partial charge is 0.255 e. The molecular formula is C38H17F8N5S. The van der Waals surface area contributed by atoms with Gasteiger partial charge >= 0.3 is 12.4 Å². The highest BCUT2D eigenvalue weighted by molar-refractivity contribution is 7.16. The van der Waals surface area contributed by atoms with E-state index in [2.05, 4.69) is 16.0 Å². The van der Waals surface area contributed by atoms with Crippen LogP contribution in [-0.2, 0) is 12.4 Å². The maximum absolute atomic E-state index is 14.6. The lowest BCUT2D eigenvalue weighted by molar-refractivity contribution is -0.140. The fraction of sp³-hybridized carbons (Fsp3) is 0.132. The van der Waals surface area contributed by atoms with Crippen molar-refractivity contribution in [2.45, 2.75) is 32.1 Å². The number of thiophene rings is 1. The predicted molar refractivity (Wildman–Crippen MR) is 175 cm³/mol. The van der Waals surface area contributed by atoms with Gasteiger partial charge in [-0.05, 0) is 53.9 Å². The standard InChI is InChI=1S/C38H17F8N5S/c1-2-3-19(12-47)29-23-8-20(17-4-6-25(27(39)10-17)37(41,42)43)15-50-33(23)31-32-34-24(30(22(13-48)14-49)36(32)52-35(29)31)9-21(16-51-34)18-5-7-26(28(40)11-18)38(44,45)46/h4-11,15-16H,2-3H2,1H3/b29-19+. The Morgan fingerprint density at radius 2 is 1.12 bits per heavy atom. The van der Waals surface area contributed by atoms with E-state index in [1.54, 1.807) is 6.07 Å². The Labute approximate surface area is 293 Å². The van der Waals surface area contributed by atoms with Crippen molar-refractivity contribution in [3.63, 3.8) is 0 Å². The molecule has 2 aromatic carbocycles. The maximum atomic E-state index is 14.6. The van der Waals surface area contributed by atoms with Crippen LogP contribution in [0, 0.1) is 45.6 Å². The van der Waals surface area contributed by atoms with Crippen molar-refractivity contribution in [2.24, 2.45) is 0 Å². The molecule has 3 heterocycles. The van der Waals surface area contributed by atoms with Crippen molar-refractivity contribution in [3.8, 4) is 63.0 Å². The van der Waals surface area contributed by atoms with Crippen LogP contribution in [0.4, 0.5) is 35.1 Å². The first kappa shape index (κ1) is 34.3. The van der Waals surface area contributed by atoms with Gasteiger partial charge < -0.3 is 0 Å². The average molecular weight is 728 g/mol. The largest absolute Gasteiger partial charge is 0.419 e. The van der Waals surface area contributed by atoms with Crippen molar-refractivity contribution in [3.05, 3.63) is 116 Å². The lowest BCUT2D eigenvalue weighted by atomic mass is 9.97. The molecule has 0 N–H and O–H groups in total. The van der Waals surface area contributed by atoms with E-state index < -0.39 is 35.1 Å². The molecule has 0 spiro atoms. The van der Waals surface area contributed by atoms with Crippen molar-refractivity contribution in [1.82, 2.24) is 9.97 Å². The van der Waals surface area contributed by atoms with Crippen LogP contribution in [0.1, 0.15) is 51.8 Å². The molecule has 0 amide bonds. The van der Waals surface area contributed by atoms with Crippen molar-refractivity contribution in [1.29, 1.82) is 15.8 Å². The quantitative estimate of drug-likeness (QED) is 0.133. The van der Waals surface area contributed by atoms with Crippen LogP contribution in [0.3, 0.4) is 0 Å². The first-order valence-corrected chi connectivity index (χ1v) is 16.1. The van der Waals surface area contributed by atoms with Crippen LogP contribution in [0.15, 0.2) is 72.1 Å². The minimum atomic E-state index is -4.91. The molecule has 0 saturated heterocycles. The Bertz CT molecular complexity index is 2560. The van der Waals surface area contributed by atoms with E-state index in [4.69, 9.17) is 0 Å². The van der Waals surface area contributed by atoms with E-state index in [1.165, 1.54) is 29.8 Å². The molecule has 5 nitrogen and oxygen atoms in total.